The summed E-state index contributed by atoms with van der Waals surface area (Å²) in [6.07, 6.45) is 5.72. The quantitative estimate of drug-likeness (QED) is 0.741. The molecule has 0 amide bonds. The summed E-state index contributed by atoms with van der Waals surface area (Å²) < 4.78 is 0. The van der Waals surface area contributed by atoms with E-state index in [4.69, 9.17) is 5.73 Å². The first-order valence-electron chi connectivity index (χ1n) is 3.92. The van der Waals surface area contributed by atoms with Gasteiger partial charge in [0.25, 0.3) is 0 Å². The van der Waals surface area contributed by atoms with Crippen LogP contribution in [0.4, 0.5) is 0 Å². The van der Waals surface area contributed by atoms with Gasteiger partial charge in [0.1, 0.15) is 0 Å². The highest BCUT2D eigenvalue weighted by atomic mass is 32.1. The maximum absolute atomic E-state index is 5.67. The van der Waals surface area contributed by atoms with E-state index in [1.54, 1.807) is 11.3 Å². The summed E-state index contributed by atoms with van der Waals surface area (Å²) in [4.78, 5) is 5.43. The molecule has 0 saturated heterocycles. The largest absolute Gasteiger partial charge is 0.330 e. The second-order valence-electron chi connectivity index (χ2n) is 3.35. The van der Waals surface area contributed by atoms with Crippen LogP contribution in [0.2, 0.25) is 0 Å². The van der Waals surface area contributed by atoms with Crippen LogP contribution < -0.4 is 5.73 Å². The van der Waals surface area contributed by atoms with Gasteiger partial charge in [-0.2, -0.15) is 0 Å². The minimum atomic E-state index is 0.465. The summed E-state index contributed by atoms with van der Waals surface area (Å²) >= 11 is 1.74. The highest BCUT2D eigenvalue weighted by Gasteiger charge is 2.41. The van der Waals surface area contributed by atoms with Gasteiger partial charge in [-0.3, -0.25) is 4.98 Å². The van der Waals surface area contributed by atoms with Crippen molar-refractivity contribution >= 4 is 11.3 Å². The Bertz CT molecular complexity index is 226. The lowest BCUT2D eigenvalue weighted by Gasteiger charge is -2.08. The van der Waals surface area contributed by atoms with Crippen LogP contribution in [-0.4, -0.2) is 11.5 Å². The van der Waals surface area contributed by atoms with Crippen molar-refractivity contribution in [3.8, 4) is 0 Å². The SMILES string of the molecule is NCC1(Cc2cncs2)CC1. The highest BCUT2D eigenvalue weighted by Crippen LogP contribution is 2.47. The van der Waals surface area contributed by atoms with Crippen molar-refractivity contribution in [2.24, 2.45) is 11.1 Å². The van der Waals surface area contributed by atoms with Crippen molar-refractivity contribution in [1.29, 1.82) is 0 Å². The van der Waals surface area contributed by atoms with Gasteiger partial charge in [0.15, 0.2) is 0 Å². The van der Waals surface area contributed by atoms with E-state index in [2.05, 4.69) is 4.98 Å². The van der Waals surface area contributed by atoms with E-state index in [1.807, 2.05) is 11.7 Å². The third-order valence-electron chi connectivity index (χ3n) is 2.42. The Kier molecular flexibility index (Phi) is 1.69. The van der Waals surface area contributed by atoms with Gasteiger partial charge in [0.05, 0.1) is 5.51 Å². The molecular formula is C8H12N2S. The van der Waals surface area contributed by atoms with Crippen molar-refractivity contribution in [2.45, 2.75) is 19.3 Å². The summed E-state index contributed by atoms with van der Waals surface area (Å²) in [6.45, 7) is 0.838. The molecule has 3 heteroatoms. The van der Waals surface area contributed by atoms with Gasteiger partial charge in [-0.1, -0.05) is 0 Å². The fraction of sp³-hybridized carbons (Fsp3) is 0.625. The number of nitrogens with two attached hydrogens (primary N) is 1. The van der Waals surface area contributed by atoms with Gasteiger partial charge < -0.3 is 5.73 Å². The van der Waals surface area contributed by atoms with Crippen LogP contribution in [0, 0.1) is 5.41 Å². The van der Waals surface area contributed by atoms with Crippen LogP contribution in [0.15, 0.2) is 11.7 Å². The smallest absolute Gasteiger partial charge is 0.0794 e. The molecule has 1 fully saturated rings. The lowest BCUT2D eigenvalue weighted by atomic mass is 10.0. The predicted molar refractivity (Wildman–Crippen MR) is 46.5 cm³/mol. The van der Waals surface area contributed by atoms with Crippen LogP contribution in [-0.2, 0) is 6.42 Å². The summed E-state index contributed by atoms with van der Waals surface area (Å²) in [5.74, 6) is 0. The Hall–Kier alpha value is -0.410. The maximum atomic E-state index is 5.67. The molecule has 0 radical (unpaired) electrons. The predicted octanol–water partition coefficient (Wildman–Crippen LogP) is 1.42. The Balaban J connectivity index is 2.01. The Morgan fingerprint density at radius 3 is 2.91 bits per heavy atom. The van der Waals surface area contributed by atoms with Gasteiger partial charge >= 0.3 is 0 Å². The van der Waals surface area contributed by atoms with Crippen molar-refractivity contribution in [3.05, 3.63) is 16.6 Å². The Labute approximate surface area is 70.5 Å². The summed E-state index contributed by atoms with van der Waals surface area (Å²) in [7, 11) is 0. The van der Waals surface area contributed by atoms with Crippen LogP contribution in [0.25, 0.3) is 0 Å². The van der Waals surface area contributed by atoms with E-state index >= 15 is 0 Å². The Morgan fingerprint density at radius 2 is 2.45 bits per heavy atom. The van der Waals surface area contributed by atoms with E-state index < -0.39 is 0 Å². The number of aromatic nitrogens is 1. The van der Waals surface area contributed by atoms with Crippen molar-refractivity contribution < 1.29 is 0 Å². The zero-order valence-corrected chi connectivity index (χ0v) is 7.23. The molecule has 0 unspecified atom stereocenters. The number of hydrogen-bond acceptors (Lipinski definition) is 3. The molecule has 1 saturated carbocycles. The Morgan fingerprint density at radius 1 is 1.64 bits per heavy atom. The molecule has 1 heterocycles. The molecule has 0 bridgehead atoms. The average molecular weight is 168 g/mol. The molecule has 11 heavy (non-hydrogen) atoms. The lowest BCUT2D eigenvalue weighted by molar-refractivity contribution is 0.525. The van der Waals surface area contributed by atoms with E-state index in [0.29, 0.717) is 5.41 Å². The van der Waals surface area contributed by atoms with Crippen LogP contribution in [0.5, 0.6) is 0 Å². The highest BCUT2D eigenvalue weighted by molar-refractivity contribution is 7.09. The molecule has 0 aliphatic heterocycles. The fourth-order valence-corrected chi connectivity index (χ4v) is 2.10. The monoisotopic (exact) mass is 168 g/mol. The molecule has 60 valence electrons. The first kappa shape index (κ1) is 7.25. The number of rotatable bonds is 3. The maximum Gasteiger partial charge on any atom is 0.0794 e. The molecule has 0 aromatic carbocycles. The normalized spacial score (nSPS) is 20.1. The molecule has 1 aromatic heterocycles. The van der Waals surface area contributed by atoms with Crippen LogP contribution >= 0.6 is 11.3 Å². The third kappa shape index (κ3) is 1.44. The van der Waals surface area contributed by atoms with Crippen molar-refractivity contribution in [1.82, 2.24) is 4.98 Å². The van der Waals surface area contributed by atoms with E-state index in [0.717, 1.165) is 13.0 Å². The van der Waals surface area contributed by atoms with Gasteiger partial charge in [-0.15, -0.1) is 11.3 Å². The first-order chi connectivity index (χ1) is 5.35. The molecule has 0 atom stereocenters. The van der Waals surface area contributed by atoms with Crippen LogP contribution in [0.1, 0.15) is 17.7 Å². The second-order valence-corrected chi connectivity index (χ2v) is 4.32. The standard InChI is InChI=1S/C8H12N2S/c9-5-8(1-2-8)3-7-4-10-6-11-7/h4,6H,1-3,5,9H2. The van der Waals surface area contributed by atoms with Crippen molar-refractivity contribution in [2.75, 3.05) is 6.54 Å². The van der Waals surface area contributed by atoms with Gasteiger partial charge in [-0.05, 0) is 31.2 Å². The van der Waals surface area contributed by atoms with E-state index in [-0.39, 0.29) is 0 Å². The molecule has 1 aromatic rings. The van der Waals surface area contributed by atoms with Crippen LogP contribution in [0.3, 0.4) is 0 Å². The number of thiazole rings is 1. The number of hydrogen-bond donors (Lipinski definition) is 1. The molecule has 1 aliphatic carbocycles. The molecular weight excluding hydrogens is 156 g/mol. The summed E-state index contributed by atoms with van der Waals surface area (Å²) in [6, 6.07) is 0. The lowest BCUT2D eigenvalue weighted by Crippen LogP contribution is -2.17. The zero-order chi connectivity index (χ0) is 7.73. The first-order valence-corrected chi connectivity index (χ1v) is 4.80. The van der Waals surface area contributed by atoms with E-state index in [1.165, 1.54) is 17.7 Å². The van der Waals surface area contributed by atoms with Gasteiger partial charge in [0.2, 0.25) is 0 Å². The summed E-state index contributed by atoms with van der Waals surface area (Å²) in [5.41, 5.74) is 8.03. The molecule has 2 rings (SSSR count). The second kappa shape index (κ2) is 2.57. The third-order valence-corrected chi connectivity index (χ3v) is 3.20. The molecule has 2 nitrogen and oxygen atoms in total. The fourth-order valence-electron chi connectivity index (χ4n) is 1.33. The summed E-state index contributed by atoms with van der Waals surface area (Å²) in [5, 5.41) is 0. The minimum Gasteiger partial charge on any atom is -0.330 e. The molecule has 2 N–H and O–H groups in total. The van der Waals surface area contributed by atoms with Crippen molar-refractivity contribution in [3.63, 3.8) is 0 Å². The average Bonchev–Trinajstić information content (AvgIpc) is 2.59. The number of nitrogens with zero attached hydrogens (tertiary/aromatic N) is 1. The topological polar surface area (TPSA) is 38.9 Å². The molecule has 0 spiro atoms. The van der Waals surface area contributed by atoms with Gasteiger partial charge in [0, 0.05) is 11.1 Å². The minimum absolute atomic E-state index is 0.465. The zero-order valence-electron chi connectivity index (χ0n) is 6.42. The van der Waals surface area contributed by atoms with Gasteiger partial charge in [-0.25, -0.2) is 0 Å². The molecule has 1 aliphatic rings. The van der Waals surface area contributed by atoms with E-state index in [9.17, 15) is 0 Å².